The van der Waals surface area contributed by atoms with Crippen LogP contribution in [0, 0.1) is 0 Å². The number of nitrogens with one attached hydrogen (secondary N) is 1. The third-order valence-corrected chi connectivity index (χ3v) is 4.70. The number of hydrogen-bond acceptors (Lipinski definition) is 3. The fourth-order valence-corrected chi connectivity index (χ4v) is 3.22. The van der Waals surface area contributed by atoms with Crippen LogP contribution in [0.15, 0.2) is 42.6 Å². The molecule has 1 aliphatic heterocycles. The molecule has 1 aromatic heterocycles. The molecule has 0 spiro atoms. The minimum absolute atomic E-state index is 0.109. The van der Waals surface area contributed by atoms with E-state index >= 15 is 0 Å². The smallest absolute Gasteiger partial charge is 0.255 e. The molecule has 1 N–H and O–H groups in total. The van der Waals surface area contributed by atoms with Gasteiger partial charge in [-0.15, -0.1) is 0 Å². The summed E-state index contributed by atoms with van der Waals surface area (Å²) in [5, 5.41) is 3.62. The maximum atomic E-state index is 12.7. The normalized spacial score (nSPS) is 15.0. The lowest BCUT2D eigenvalue weighted by Gasteiger charge is -2.23. The van der Waals surface area contributed by atoms with Crippen molar-refractivity contribution >= 4 is 23.3 Å². The van der Waals surface area contributed by atoms with E-state index in [4.69, 9.17) is 11.6 Å². The fourth-order valence-electron chi connectivity index (χ4n) is 3.02. The van der Waals surface area contributed by atoms with Gasteiger partial charge in [0.2, 0.25) is 0 Å². The number of amides is 1. The second kappa shape index (κ2) is 8.15. The van der Waals surface area contributed by atoms with Crippen LogP contribution in [0.3, 0.4) is 0 Å². The van der Waals surface area contributed by atoms with Crippen LogP contribution in [0.2, 0.25) is 5.02 Å². The van der Waals surface area contributed by atoms with Crippen molar-refractivity contribution in [2.24, 2.45) is 0 Å². The molecule has 0 atom stereocenters. The zero-order valence-corrected chi connectivity index (χ0v) is 14.4. The number of anilines is 1. The molecular formula is C19H22ClN3O. The topological polar surface area (TPSA) is 45.2 Å². The van der Waals surface area contributed by atoms with Crippen molar-refractivity contribution in [1.29, 1.82) is 0 Å². The van der Waals surface area contributed by atoms with Crippen LogP contribution in [0.1, 0.15) is 41.6 Å². The highest BCUT2D eigenvalue weighted by Crippen LogP contribution is 2.22. The number of aromatic nitrogens is 1. The Morgan fingerprint density at radius 1 is 1.08 bits per heavy atom. The molecule has 2 heterocycles. The summed E-state index contributed by atoms with van der Waals surface area (Å²) in [5.41, 5.74) is 1.54. The first-order chi connectivity index (χ1) is 11.8. The van der Waals surface area contributed by atoms with Crippen molar-refractivity contribution < 1.29 is 4.79 Å². The van der Waals surface area contributed by atoms with Gasteiger partial charge in [0.25, 0.3) is 5.91 Å². The molecule has 0 radical (unpaired) electrons. The van der Waals surface area contributed by atoms with Gasteiger partial charge < -0.3 is 10.2 Å². The van der Waals surface area contributed by atoms with Crippen LogP contribution >= 0.6 is 11.6 Å². The predicted octanol–water partition coefficient (Wildman–Crippen LogP) is 4.05. The van der Waals surface area contributed by atoms with Gasteiger partial charge in [0, 0.05) is 30.9 Å². The van der Waals surface area contributed by atoms with Crippen molar-refractivity contribution in [2.45, 2.75) is 32.2 Å². The minimum Gasteiger partial charge on any atom is -0.356 e. The summed E-state index contributed by atoms with van der Waals surface area (Å²) in [5.74, 6) is 0.679. The summed E-state index contributed by atoms with van der Waals surface area (Å²) >= 11 is 6.15. The van der Waals surface area contributed by atoms with Gasteiger partial charge in [0.05, 0.1) is 5.56 Å². The lowest BCUT2D eigenvalue weighted by Crippen LogP contribution is -2.30. The lowest BCUT2D eigenvalue weighted by atomic mass is 10.2. The predicted molar refractivity (Wildman–Crippen MR) is 97.5 cm³/mol. The number of carbonyl (C=O) groups excluding carboxylic acids is 1. The Hall–Kier alpha value is -2.07. The molecule has 0 aliphatic carbocycles. The first-order valence-electron chi connectivity index (χ1n) is 8.47. The molecule has 4 nitrogen and oxygen atoms in total. The second-order valence-electron chi connectivity index (χ2n) is 6.05. The zero-order valence-electron chi connectivity index (χ0n) is 13.7. The van der Waals surface area contributed by atoms with Crippen molar-refractivity contribution in [3.05, 3.63) is 58.7 Å². The minimum atomic E-state index is -0.109. The number of halogens is 1. The molecule has 2 aromatic rings. The van der Waals surface area contributed by atoms with Crippen LogP contribution in [0.4, 0.5) is 5.82 Å². The highest BCUT2D eigenvalue weighted by atomic mass is 35.5. The first kappa shape index (κ1) is 16.8. The SMILES string of the molecule is O=C(NCc1ccccc1Cl)c1cccnc1N1CCCCCC1. The van der Waals surface area contributed by atoms with E-state index in [2.05, 4.69) is 15.2 Å². The van der Waals surface area contributed by atoms with Gasteiger partial charge in [-0.3, -0.25) is 4.79 Å². The number of pyridine rings is 1. The van der Waals surface area contributed by atoms with E-state index in [1.54, 1.807) is 6.20 Å². The fraction of sp³-hybridized carbons (Fsp3) is 0.368. The summed E-state index contributed by atoms with van der Waals surface area (Å²) in [4.78, 5) is 19.4. The van der Waals surface area contributed by atoms with Gasteiger partial charge in [-0.2, -0.15) is 0 Å². The molecule has 0 saturated carbocycles. The maximum Gasteiger partial charge on any atom is 0.255 e. The first-order valence-corrected chi connectivity index (χ1v) is 8.85. The Kier molecular flexibility index (Phi) is 5.70. The lowest BCUT2D eigenvalue weighted by molar-refractivity contribution is 0.0951. The molecule has 1 aliphatic rings. The molecule has 1 fully saturated rings. The monoisotopic (exact) mass is 343 g/mol. The molecular weight excluding hydrogens is 322 g/mol. The zero-order chi connectivity index (χ0) is 16.8. The standard InChI is InChI=1S/C19H22ClN3O/c20-17-10-4-3-8-15(17)14-22-19(24)16-9-7-11-21-18(16)23-12-5-1-2-6-13-23/h3-4,7-11H,1-2,5-6,12-14H2,(H,22,24). The maximum absolute atomic E-state index is 12.7. The van der Waals surface area contributed by atoms with E-state index in [0.29, 0.717) is 17.1 Å². The third kappa shape index (κ3) is 4.06. The Balaban J connectivity index is 1.74. The molecule has 0 bridgehead atoms. The van der Waals surface area contributed by atoms with E-state index in [0.717, 1.165) is 37.3 Å². The Morgan fingerprint density at radius 3 is 2.58 bits per heavy atom. The Bertz CT molecular complexity index is 697. The van der Waals surface area contributed by atoms with E-state index in [1.807, 2.05) is 36.4 Å². The number of nitrogens with zero attached hydrogens (tertiary/aromatic N) is 2. The Morgan fingerprint density at radius 2 is 1.83 bits per heavy atom. The summed E-state index contributed by atoms with van der Waals surface area (Å²) in [6.07, 6.45) is 6.55. The van der Waals surface area contributed by atoms with Crippen molar-refractivity contribution in [3.63, 3.8) is 0 Å². The quantitative estimate of drug-likeness (QED) is 0.911. The van der Waals surface area contributed by atoms with Crippen molar-refractivity contribution in [3.8, 4) is 0 Å². The summed E-state index contributed by atoms with van der Waals surface area (Å²) in [6, 6.07) is 11.2. The van der Waals surface area contributed by atoms with Gasteiger partial charge >= 0.3 is 0 Å². The number of rotatable bonds is 4. The van der Waals surface area contributed by atoms with Crippen LogP contribution in [0.25, 0.3) is 0 Å². The number of hydrogen-bond donors (Lipinski definition) is 1. The van der Waals surface area contributed by atoms with Crippen molar-refractivity contribution in [2.75, 3.05) is 18.0 Å². The van der Waals surface area contributed by atoms with Crippen LogP contribution in [-0.4, -0.2) is 24.0 Å². The Labute approximate surface area is 147 Å². The van der Waals surface area contributed by atoms with E-state index < -0.39 is 0 Å². The second-order valence-corrected chi connectivity index (χ2v) is 6.46. The summed E-state index contributed by atoms with van der Waals surface area (Å²) in [7, 11) is 0. The van der Waals surface area contributed by atoms with Crippen LogP contribution < -0.4 is 10.2 Å². The molecule has 0 unspecified atom stereocenters. The molecule has 126 valence electrons. The number of benzene rings is 1. The van der Waals surface area contributed by atoms with Crippen molar-refractivity contribution in [1.82, 2.24) is 10.3 Å². The van der Waals surface area contributed by atoms with Gasteiger partial charge in [0.1, 0.15) is 5.82 Å². The average Bonchev–Trinajstić information content (AvgIpc) is 2.90. The van der Waals surface area contributed by atoms with Crippen LogP contribution in [-0.2, 0) is 6.54 Å². The van der Waals surface area contributed by atoms with Crippen LogP contribution in [0.5, 0.6) is 0 Å². The molecule has 1 aromatic carbocycles. The van der Waals surface area contributed by atoms with Gasteiger partial charge in [-0.1, -0.05) is 42.6 Å². The average molecular weight is 344 g/mol. The molecule has 5 heteroatoms. The highest BCUT2D eigenvalue weighted by Gasteiger charge is 2.18. The van der Waals surface area contributed by atoms with Gasteiger partial charge in [0.15, 0.2) is 0 Å². The third-order valence-electron chi connectivity index (χ3n) is 4.33. The molecule has 1 amide bonds. The molecule has 24 heavy (non-hydrogen) atoms. The van der Waals surface area contributed by atoms with E-state index in [9.17, 15) is 4.79 Å². The van der Waals surface area contributed by atoms with E-state index in [-0.39, 0.29) is 5.91 Å². The van der Waals surface area contributed by atoms with Gasteiger partial charge in [-0.05, 0) is 36.6 Å². The van der Waals surface area contributed by atoms with Gasteiger partial charge in [-0.25, -0.2) is 4.98 Å². The molecule has 3 rings (SSSR count). The summed E-state index contributed by atoms with van der Waals surface area (Å²) in [6.45, 7) is 2.33. The summed E-state index contributed by atoms with van der Waals surface area (Å²) < 4.78 is 0. The van der Waals surface area contributed by atoms with E-state index in [1.165, 1.54) is 12.8 Å². The highest BCUT2D eigenvalue weighted by molar-refractivity contribution is 6.31. The largest absolute Gasteiger partial charge is 0.356 e. The number of carbonyl (C=O) groups is 1. The molecule has 1 saturated heterocycles.